The normalized spacial score (nSPS) is 11.7. The van der Waals surface area contributed by atoms with Crippen LogP contribution in [0.1, 0.15) is 22.2 Å². The van der Waals surface area contributed by atoms with E-state index in [0.717, 1.165) is 16.9 Å². The zero-order valence-corrected chi connectivity index (χ0v) is 14.2. The standard InChI is InChI=1S/C19H18N2O3S/c22-19(23)21-17(18-20-10-11-25-18)12-14-6-8-16(9-7-14)24-13-15-4-2-1-3-5-15/h1-11,17,21H,12-13H2,(H,22,23)/p-1. The topological polar surface area (TPSA) is 74.3 Å². The molecule has 0 aliphatic heterocycles. The van der Waals surface area contributed by atoms with Gasteiger partial charge in [-0.2, -0.15) is 0 Å². The summed E-state index contributed by atoms with van der Waals surface area (Å²) in [6.07, 6.45) is 0.855. The average Bonchev–Trinajstić information content (AvgIpc) is 3.16. The summed E-state index contributed by atoms with van der Waals surface area (Å²) in [4.78, 5) is 15.1. The fourth-order valence-electron chi connectivity index (χ4n) is 2.45. The number of carboxylic acid groups (broad SMARTS) is 1. The number of nitrogens with one attached hydrogen (secondary N) is 1. The van der Waals surface area contributed by atoms with Gasteiger partial charge in [-0.3, -0.25) is 0 Å². The van der Waals surface area contributed by atoms with Gasteiger partial charge >= 0.3 is 0 Å². The molecule has 2 aromatic carbocycles. The van der Waals surface area contributed by atoms with Crippen molar-refractivity contribution in [2.45, 2.75) is 19.1 Å². The molecule has 0 saturated heterocycles. The number of carbonyl (C=O) groups is 1. The van der Waals surface area contributed by atoms with Gasteiger partial charge in [0.25, 0.3) is 0 Å². The monoisotopic (exact) mass is 353 g/mol. The van der Waals surface area contributed by atoms with Crippen LogP contribution in [0.3, 0.4) is 0 Å². The van der Waals surface area contributed by atoms with Crippen molar-refractivity contribution < 1.29 is 14.6 Å². The summed E-state index contributed by atoms with van der Waals surface area (Å²) in [5.41, 5.74) is 2.09. The fourth-order valence-corrected chi connectivity index (χ4v) is 3.14. The smallest absolute Gasteiger partial charge is 0.134 e. The summed E-state index contributed by atoms with van der Waals surface area (Å²) >= 11 is 1.41. The zero-order chi connectivity index (χ0) is 17.5. The van der Waals surface area contributed by atoms with E-state index in [4.69, 9.17) is 4.74 Å². The second-order valence-corrected chi connectivity index (χ2v) is 6.40. The summed E-state index contributed by atoms with van der Waals surface area (Å²) < 4.78 is 5.76. The van der Waals surface area contributed by atoms with Gasteiger partial charge in [0, 0.05) is 11.6 Å². The lowest BCUT2D eigenvalue weighted by Crippen LogP contribution is -2.39. The van der Waals surface area contributed by atoms with Crippen molar-refractivity contribution in [2.75, 3.05) is 0 Å². The van der Waals surface area contributed by atoms with Gasteiger partial charge < -0.3 is 20.0 Å². The van der Waals surface area contributed by atoms with Crippen LogP contribution in [0.25, 0.3) is 0 Å². The molecule has 0 aliphatic carbocycles. The molecule has 128 valence electrons. The van der Waals surface area contributed by atoms with Crippen molar-refractivity contribution >= 4 is 17.4 Å². The lowest BCUT2D eigenvalue weighted by molar-refractivity contribution is -0.251. The Hall–Kier alpha value is -2.86. The largest absolute Gasteiger partial charge is 0.530 e. The first-order chi connectivity index (χ1) is 12.2. The second-order valence-electron chi connectivity index (χ2n) is 5.48. The first kappa shape index (κ1) is 17.0. The second kappa shape index (κ2) is 8.30. The first-order valence-corrected chi connectivity index (χ1v) is 8.71. The maximum Gasteiger partial charge on any atom is 0.134 e. The Morgan fingerprint density at radius 1 is 1.12 bits per heavy atom. The van der Waals surface area contributed by atoms with Crippen LogP contribution < -0.4 is 15.2 Å². The summed E-state index contributed by atoms with van der Waals surface area (Å²) in [6.45, 7) is 0.508. The molecular weight excluding hydrogens is 336 g/mol. The van der Waals surface area contributed by atoms with Gasteiger partial charge in [0.05, 0.1) is 6.04 Å². The number of hydrogen-bond donors (Lipinski definition) is 1. The third-order valence-corrected chi connectivity index (χ3v) is 4.54. The summed E-state index contributed by atoms with van der Waals surface area (Å²) in [5, 5.41) is 15.9. The quantitative estimate of drug-likeness (QED) is 0.709. The molecule has 6 heteroatoms. The van der Waals surface area contributed by atoms with Crippen LogP contribution in [0.5, 0.6) is 5.75 Å². The molecule has 1 aromatic heterocycles. The average molecular weight is 353 g/mol. The Labute approximate surface area is 149 Å². The number of carbonyl (C=O) groups excluding carboxylic acids is 1. The van der Waals surface area contributed by atoms with Gasteiger partial charge in [0.1, 0.15) is 23.5 Å². The van der Waals surface area contributed by atoms with Crippen molar-refractivity contribution in [2.24, 2.45) is 0 Å². The van der Waals surface area contributed by atoms with E-state index in [2.05, 4.69) is 10.3 Å². The molecule has 0 bridgehead atoms. The third-order valence-electron chi connectivity index (χ3n) is 3.65. The Morgan fingerprint density at radius 2 is 1.88 bits per heavy atom. The van der Waals surface area contributed by atoms with E-state index < -0.39 is 12.1 Å². The summed E-state index contributed by atoms with van der Waals surface area (Å²) in [7, 11) is 0. The van der Waals surface area contributed by atoms with Crippen LogP contribution in [0.2, 0.25) is 0 Å². The molecule has 1 atom stereocenters. The van der Waals surface area contributed by atoms with Gasteiger partial charge in [0.2, 0.25) is 0 Å². The van der Waals surface area contributed by atoms with Crippen LogP contribution in [0.15, 0.2) is 66.2 Å². The zero-order valence-electron chi connectivity index (χ0n) is 13.4. The minimum Gasteiger partial charge on any atom is -0.530 e. The number of ether oxygens (including phenoxy) is 1. The van der Waals surface area contributed by atoms with Crippen LogP contribution in [0, 0.1) is 0 Å². The van der Waals surface area contributed by atoms with Gasteiger partial charge in [-0.15, -0.1) is 11.3 Å². The summed E-state index contributed by atoms with van der Waals surface area (Å²) in [6, 6.07) is 17.2. The molecule has 1 amide bonds. The molecule has 3 aromatic rings. The van der Waals surface area contributed by atoms with Crippen molar-refractivity contribution in [1.29, 1.82) is 0 Å². The molecule has 25 heavy (non-hydrogen) atoms. The van der Waals surface area contributed by atoms with Gasteiger partial charge in [0.15, 0.2) is 0 Å². The number of aromatic nitrogens is 1. The minimum atomic E-state index is -1.30. The highest BCUT2D eigenvalue weighted by Gasteiger charge is 2.14. The van der Waals surface area contributed by atoms with E-state index in [1.54, 1.807) is 6.20 Å². The highest BCUT2D eigenvalue weighted by atomic mass is 32.1. The molecule has 1 unspecified atom stereocenters. The van der Waals surface area contributed by atoms with Crippen LogP contribution >= 0.6 is 11.3 Å². The lowest BCUT2D eigenvalue weighted by Gasteiger charge is -2.18. The van der Waals surface area contributed by atoms with Crippen LogP contribution in [-0.2, 0) is 13.0 Å². The van der Waals surface area contributed by atoms with Crippen LogP contribution in [0.4, 0.5) is 4.79 Å². The first-order valence-electron chi connectivity index (χ1n) is 7.83. The predicted octanol–water partition coefficient (Wildman–Crippen LogP) is 2.94. The Kier molecular flexibility index (Phi) is 5.64. The Morgan fingerprint density at radius 3 is 2.52 bits per heavy atom. The van der Waals surface area contributed by atoms with E-state index in [-0.39, 0.29) is 0 Å². The molecule has 0 fully saturated rings. The molecule has 0 radical (unpaired) electrons. The van der Waals surface area contributed by atoms with E-state index in [0.29, 0.717) is 18.0 Å². The lowest BCUT2D eigenvalue weighted by atomic mass is 10.1. The predicted molar refractivity (Wildman–Crippen MR) is 94.3 cm³/mol. The molecule has 5 nitrogen and oxygen atoms in total. The van der Waals surface area contributed by atoms with Crippen molar-refractivity contribution in [3.63, 3.8) is 0 Å². The molecule has 0 aliphatic rings. The SMILES string of the molecule is O=C([O-])NC(Cc1ccc(OCc2ccccc2)cc1)c1nccs1. The highest BCUT2D eigenvalue weighted by Crippen LogP contribution is 2.22. The molecule has 1 N–H and O–H groups in total. The maximum absolute atomic E-state index is 10.9. The minimum absolute atomic E-state index is 0.416. The molecule has 0 saturated carbocycles. The van der Waals surface area contributed by atoms with Crippen LogP contribution in [-0.4, -0.2) is 11.1 Å². The number of rotatable bonds is 7. The molecule has 3 rings (SSSR count). The molecule has 1 heterocycles. The maximum atomic E-state index is 10.9. The Balaban J connectivity index is 1.62. The highest BCUT2D eigenvalue weighted by molar-refractivity contribution is 7.09. The van der Waals surface area contributed by atoms with Crippen molar-refractivity contribution in [1.82, 2.24) is 10.3 Å². The number of hydrogen-bond acceptors (Lipinski definition) is 5. The number of thiazole rings is 1. The number of amides is 1. The molecule has 0 spiro atoms. The van der Waals surface area contributed by atoms with Gasteiger partial charge in [-0.1, -0.05) is 42.5 Å². The summed E-state index contributed by atoms with van der Waals surface area (Å²) in [5.74, 6) is 0.770. The van der Waals surface area contributed by atoms with E-state index in [1.807, 2.05) is 60.0 Å². The number of benzene rings is 2. The van der Waals surface area contributed by atoms with Crippen molar-refractivity contribution in [3.05, 3.63) is 82.3 Å². The number of nitrogens with zero attached hydrogens (tertiary/aromatic N) is 1. The van der Waals surface area contributed by atoms with E-state index >= 15 is 0 Å². The van der Waals surface area contributed by atoms with E-state index in [9.17, 15) is 9.90 Å². The van der Waals surface area contributed by atoms with Gasteiger partial charge in [-0.25, -0.2) is 4.98 Å². The van der Waals surface area contributed by atoms with Gasteiger partial charge in [-0.05, 0) is 29.7 Å². The van der Waals surface area contributed by atoms with E-state index in [1.165, 1.54) is 11.3 Å². The third kappa shape index (κ3) is 5.06. The van der Waals surface area contributed by atoms with Crippen molar-refractivity contribution in [3.8, 4) is 5.75 Å². The Bertz CT molecular complexity index is 789. The molecular formula is C19H17N2O3S-. The fraction of sp³-hybridized carbons (Fsp3) is 0.158.